The molecule has 100 valence electrons. The second-order valence-corrected chi connectivity index (χ2v) is 5.94. The van der Waals surface area contributed by atoms with Gasteiger partial charge < -0.3 is 10.4 Å². The number of nitrogens with one attached hydrogen (secondary N) is 1. The first-order valence-corrected chi connectivity index (χ1v) is 7.41. The van der Waals surface area contributed by atoms with Gasteiger partial charge in [-0.25, -0.2) is 0 Å². The molecule has 1 heterocycles. The molecular weight excluding hydrogens is 248 g/mol. The highest BCUT2D eigenvalue weighted by Crippen LogP contribution is 2.30. The minimum atomic E-state index is -0.632. The molecule has 0 spiro atoms. The van der Waals surface area contributed by atoms with Gasteiger partial charge >= 0.3 is 5.97 Å². The molecule has 3 atom stereocenters. The van der Waals surface area contributed by atoms with Crippen LogP contribution in [-0.4, -0.2) is 22.6 Å². The van der Waals surface area contributed by atoms with Crippen molar-refractivity contribution in [3.8, 4) is 0 Å². The van der Waals surface area contributed by atoms with Crippen LogP contribution in [0.5, 0.6) is 0 Å². The molecule has 1 aliphatic rings. The predicted octanol–water partition coefficient (Wildman–Crippen LogP) is 2.68. The zero-order valence-corrected chi connectivity index (χ0v) is 11.4. The van der Waals surface area contributed by atoms with Gasteiger partial charge in [0.05, 0.1) is 11.4 Å². The van der Waals surface area contributed by atoms with Gasteiger partial charge in [0.2, 0.25) is 0 Å². The summed E-state index contributed by atoms with van der Waals surface area (Å²) in [6, 6.07) is 0.258. The second-order valence-electron chi connectivity index (χ2n) is 5.02. The topological polar surface area (TPSA) is 62.2 Å². The molecule has 1 fully saturated rings. The van der Waals surface area contributed by atoms with E-state index in [1.807, 2.05) is 11.7 Å². The molecule has 2 rings (SSSR count). The smallest absolute Gasteiger partial charge is 0.306 e. The summed E-state index contributed by atoms with van der Waals surface area (Å²) in [5.74, 6) is -0.529. The third-order valence-corrected chi connectivity index (χ3v) is 4.75. The van der Waals surface area contributed by atoms with Crippen molar-refractivity contribution in [1.82, 2.24) is 10.3 Å². The van der Waals surface area contributed by atoms with E-state index in [-0.39, 0.29) is 17.9 Å². The van der Waals surface area contributed by atoms with Crippen LogP contribution in [0.25, 0.3) is 0 Å². The Morgan fingerprint density at radius 1 is 1.61 bits per heavy atom. The van der Waals surface area contributed by atoms with Gasteiger partial charge in [-0.2, -0.15) is 0 Å². The number of thiazole rings is 1. The molecule has 0 bridgehead atoms. The summed E-state index contributed by atoms with van der Waals surface area (Å²) in [4.78, 5) is 16.5. The van der Waals surface area contributed by atoms with Gasteiger partial charge in [-0.1, -0.05) is 12.8 Å². The normalized spacial score (nSPS) is 25.8. The molecule has 4 nitrogen and oxygen atoms in total. The number of aromatic nitrogens is 1. The lowest BCUT2D eigenvalue weighted by Crippen LogP contribution is -2.35. The SMILES string of the molecule is CC(NCC1CCCCC1C(=O)O)c1cncs1. The average Bonchev–Trinajstić information content (AvgIpc) is 2.90. The van der Waals surface area contributed by atoms with E-state index < -0.39 is 5.97 Å². The zero-order valence-electron chi connectivity index (χ0n) is 10.6. The first-order valence-electron chi connectivity index (χ1n) is 6.53. The highest BCUT2D eigenvalue weighted by atomic mass is 32.1. The summed E-state index contributed by atoms with van der Waals surface area (Å²) >= 11 is 1.63. The minimum absolute atomic E-state index is 0.167. The maximum absolute atomic E-state index is 11.2. The Morgan fingerprint density at radius 3 is 3.06 bits per heavy atom. The summed E-state index contributed by atoms with van der Waals surface area (Å²) < 4.78 is 0. The monoisotopic (exact) mass is 268 g/mol. The van der Waals surface area contributed by atoms with Crippen LogP contribution in [0, 0.1) is 11.8 Å². The van der Waals surface area contributed by atoms with Crippen molar-refractivity contribution in [2.75, 3.05) is 6.54 Å². The van der Waals surface area contributed by atoms with Crippen molar-refractivity contribution in [2.45, 2.75) is 38.6 Å². The number of carboxylic acids is 1. The molecule has 0 aliphatic heterocycles. The second kappa shape index (κ2) is 6.29. The molecule has 5 heteroatoms. The van der Waals surface area contributed by atoms with Gasteiger partial charge in [0.1, 0.15) is 0 Å². The van der Waals surface area contributed by atoms with Crippen LogP contribution in [-0.2, 0) is 4.79 Å². The predicted molar refractivity (Wildman–Crippen MR) is 71.6 cm³/mol. The Kier molecular flexibility index (Phi) is 4.72. The number of hydrogen-bond donors (Lipinski definition) is 2. The highest BCUT2D eigenvalue weighted by Gasteiger charge is 2.30. The third-order valence-electron chi connectivity index (χ3n) is 3.79. The van der Waals surface area contributed by atoms with E-state index in [4.69, 9.17) is 0 Å². The molecule has 0 aromatic carbocycles. The number of carbonyl (C=O) groups is 1. The van der Waals surface area contributed by atoms with E-state index >= 15 is 0 Å². The summed E-state index contributed by atoms with van der Waals surface area (Å²) in [6.07, 6.45) is 5.94. The van der Waals surface area contributed by atoms with Crippen molar-refractivity contribution in [1.29, 1.82) is 0 Å². The lowest BCUT2D eigenvalue weighted by molar-refractivity contribution is -0.144. The van der Waals surface area contributed by atoms with Gasteiger partial charge in [-0.3, -0.25) is 9.78 Å². The summed E-state index contributed by atoms with van der Waals surface area (Å²) in [5.41, 5.74) is 1.83. The van der Waals surface area contributed by atoms with E-state index in [9.17, 15) is 9.90 Å². The molecule has 0 amide bonds. The van der Waals surface area contributed by atoms with Gasteiger partial charge in [0.25, 0.3) is 0 Å². The van der Waals surface area contributed by atoms with Crippen molar-refractivity contribution in [3.05, 3.63) is 16.6 Å². The van der Waals surface area contributed by atoms with Gasteiger partial charge in [0, 0.05) is 17.1 Å². The fourth-order valence-corrected chi connectivity index (χ4v) is 3.30. The Morgan fingerprint density at radius 2 is 2.39 bits per heavy atom. The Bertz CT molecular complexity index is 380. The minimum Gasteiger partial charge on any atom is -0.481 e. The third kappa shape index (κ3) is 3.29. The molecule has 1 aliphatic carbocycles. The van der Waals surface area contributed by atoms with Crippen molar-refractivity contribution >= 4 is 17.3 Å². The fraction of sp³-hybridized carbons (Fsp3) is 0.692. The highest BCUT2D eigenvalue weighted by molar-refractivity contribution is 7.09. The van der Waals surface area contributed by atoms with Crippen LogP contribution in [0.3, 0.4) is 0 Å². The lowest BCUT2D eigenvalue weighted by atomic mass is 9.79. The lowest BCUT2D eigenvalue weighted by Gasteiger charge is -2.29. The number of carboxylic acid groups (broad SMARTS) is 1. The first kappa shape index (κ1) is 13.5. The molecule has 1 saturated carbocycles. The van der Waals surface area contributed by atoms with Gasteiger partial charge in [0.15, 0.2) is 0 Å². The van der Waals surface area contributed by atoms with Crippen molar-refractivity contribution in [3.63, 3.8) is 0 Å². The first-order chi connectivity index (χ1) is 8.68. The maximum atomic E-state index is 11.2. The molecule has 18 heavy (non-hydrogen) atoms. The van der Waals surface area contributed by atoms with Crippen molar-refractivity contribution < 1.29 is 9.90 Å². The van der Waals surface area contributed by atoms with Gasteiger partial charge in [-0.15, -0.1) is 11.3 Å². The molecule has 0 radical (unpaired) electrons. The molecule has 1 aromatic heterocycles. The zero-order chi connectivity index (χ0) is 13.0. The average molecular weight is 268 g/mol. The molecule has 3 unspecified atom stereocenters. The van der Waals surface area contributed by atoms with Crippen molar-refractivity contribution in [2.24, 2.45) is 11.8 Å². The van der Waals surface area contributed by atoms with E-state index in [0.717, 1.165) is 32.2 Å². The van der Waals surface area contributed by atoms with Crippen LogP contribution >= 0.6 is 11.3 Å². The van der Waals surface area contributed by atoms with Crippen LogP contribution in [0.2, 0.25) is 0 Å². The molecule has 0 saturated heterocycles. The number of nitrogens with zero attached hydrogens (tertiary/aromatic N) is 1. The molecular formula is C13H20N2O2S. The largest absolute Gasteiger partial charge is 0.481 e. The molecule has 1 aromatic rings. The fourth-order valence-electron chi connectivity index (χ4n) is 2.65. The van der Waals surface area contributed by atoms with Crippen LogP contribution in [0.1, 0.15) is 43.5 Å². The number of rotatable bonds is 5. The maximum Gasteiger partial charge on any atom is 0.306 e. The van der Waals surface area contributed by atoms with E-state index in [2.05, 4.69) is 17.2 Å². The van der Waals surface area contributed by atoms with Crippen LogP contribution < -0.4 is 5.32 Å². The molecule has 2 N–H and O–H groups in total. The Labute approximate surface area is 111 Å². The standard InChI is InChI=1S/C13H20N2O2S/c1-9(12-7-14-8-18-12)15-6-10-4-2-3-5-11(10)13(16)17/h7-11,15H,2-6H2,1H3,(H,16,17). The Balaban J connectivity index is 1.86. The van der Waals surface area contributed by atoms with Gasteiger partial charge in [-0.05, 0) is 32.2 Å². The van der Waals surface area contributed by atoms with E-state index in [1.165, 1.54) is 4.88 Å². The van der Waals surface area contributed by atoms with E-state index in [1.54, 1.807) is 11.3 Å². The summed E-state index contributed by atoms with van der Waals surface area (Å²) in [7, 11) is 0. The van der Waals surface area contributed by atoms with Crippen LogP contribution in [0.4, 0.5) is 0 Å². The van der Waals surface area contributed by atoms with E-state index in [0.29, 0.717) is 0 Å². The number of hydrogen-bond acceptors (Lipinski definition) is 4. The summed E-state index contributed by atoms with van der Waals surface area (Å²) in [5, 5.41) is 12.7. The quantitative estimate of drug-likeness (QED) is 0.862. The Hall–Kier alpha value is -0.940. The summed E-state index contributed by atoms with van der Waals surface area (Å²) in [6.45, 7) is 2.89. The number of aliphatic carboxylic acids is 1. The van der Waals surface area contributed by atoms with Crippen LogP contribution in [0.15, 0.2) is 11.7 Å².